The Balaban J connectivity index is 1.75. The van der Waals surface area contributed by atoms with Gasteiger partial charge in [0.1, 0.15) is 5.75 Å². The van der Waals surface area contributed by atoms with Crippen molar-refractivity contribution in [2.75, 3.05) is 6.61 Å². The topological polar surface area (TPSA) is 64.6 Å². The van der Waals surface area contributed by atoms with Crippen molar-refractivity contribution < 1.29 is 19.1 Å². The number of benzene rings is 1. The third-order valence-corrected chi connectivity index (χ3v) is 3.93. The summed E-state index contributed by atoms with van der Waals surface area (Å²) in [6, 6.07) is 5.96. The first-order valence-electron chi connectivity index (χ1n) is 8.15. The molecule has 2 rings (SSSR count). The number of carbonyl (C=O) groups is 2. The van der Waals surface area contributed by atoms with Gasteiger partial charge < -0.3 is 14.8 Å². The van der Waals surface area contributed by atoms with Gasteiger partial charge in [0.2, 0.25) is 0 Å². The van der Waals surface area contributed by atoms with Crippen LogP contribution in [-0.4, -0.2) is 30.6 Å². The molecule has 1 aromatic carbocycles. The van der Waals surface area contributed by atoms with Crippen molar-refractivity contribution in [2.45, 2.75) is 58.6 Å². The third-order valence-electron chi connectivity index (χ3n) is 3.93. The maximum Gasteiger partial charge on any atom is 0.344 e. The molecule has 0 saturated heterocycles. The first-order valence-corrected chi connectivity index (χ1v) is 8.15. The molecule has 1 aliphatic rings. The van der Waals surface area contributed by atoms with Gasteiger partial charge in [-0.2, -0.15) is 0 Å². The Morgan fingerprint density at radius 3 is 2.39 bits per heavy atom. The summed E-state index contributed by atoms with van der Waals surface area (Å²) in [6.07, 6.45) is 3.49. The van der Waals surface area contributed by atoms with E-state index in [1.165, 1.54) is 0 Å². The van der Waals surface area contributed by atoms with E-state index in [0.29, 0.717) is 5.75 Å². The Morgan fingerprint density at radius 2 is 1.78 bits per heavy atom. The highest BCUT2D eigenvalue weighted by Crippen LogP contribution is 2.18. The van der Waals surface area contributed by atoms with Gasteiger partial charge in [0, 0.05) is 6.04 Å². The van der Waals surface area contributed by atoms with E-state index >= 15 is 0 Å². The average molecular weight is 319 g/mol. The largest absolute Gasteiger partial charge is 0.482 e. The molecule has 0 heterocycles. The van der Waals surface area contributed by atoms with Crippen molar-refractivity contribution in [1.82, 2.24) is 5.32 Å². The van der Waals surface area contributed by atoms with E-state index in [-0.39, 0.29) is 18.6 Å². The lowest BCUT2D eigenvalue weighted by Gasteiger charge is -2.17. The van der Waals surface area contributed by atoms with Gasteiger partial charge in [-0.1, -0.05) is 18.9 Å². The second kappa shape index (κ2) is 7.99. The summed E-state index contributed by atoms with van der Waals surface area (Å²) in [5, 5.41) is 2.92. The van der Waals surface area contributed by atoms with Gasteiger partial charge in [0.15, 0.2) is 12.7 Å². The Labute approximate surface area is 137 Å². The smallest absolute Gasteiger partial charge is 0.344 e. The van der Waals surface area contributed by atoms with Crippen LogP contribution in [0.4, 0.5) is 0 Å². The second-order valence-electron chi connectivity index (χ2n) is 6.23. The molecule has 5 heteroatoms. The lowest BCUT2D eigenvalue weighted by atomic mass is 10.1. The van der Waals surface area contributed by atoms with Crippen molar-refractivity contribution >= 4 is 11.9 Å². The second-order valence-corrected chi connectivity index (χ2v) is 6.23. The van der Waals surface area contributed by atoms with Gasteiger partial charge in [-0.3, -0.25) is 4.79 Å². The van der Waals surface area contributed by atoms with Crippen molar-refractivity contribution in [3.8, 4) is 5.75 Å². The molecule has 1 saturated carbocycles. The maximum absolute atomic E-state index is 12.0. The van der Waals surface area contributed by atoms with Crippen molar-refractivity contribution in [3.05, 3.63) is 29.3 Å². The zero-order valence-corrected chi connectivity index (χ0v) is 14.1. The molecule has 5 nitrogen and oxygen atoms in total. The van der Waals surface area contributed by atoms with Crippen LogP contribution in [0.1, 0.15) is 43.7 Å². The number of nitrogens with one attached hydrogen (secondary N) is 1. The van der Waals surface area contributed by atoms with Gasteiger partial charge in [-0.25, -0.2) is 4.79 Å². The predicted octanol–water partition coefficient (Wildman–Crippen LogP) is 2.67. The normalized spacial score (nSPS) is 16.0. The number of rotatable bonds is 6. The highest BCUT2D eigenvalue weighted by molar-refractivity contribution is 5.83. The minimum Gasteiger partial charge on any atom is -0.482 e. The molecule has 1 aliphatic carbocycles. The van der Waals surface area contributed by atoms with Crippen LogP contribution in [-0.2, 0) is 14.3 Å². The van der Waals surface area contributed by atoms with Gasteiger partial charge in [0.05, 0.1) is 0 Å². The summed E-state index contributed by atoms with van der Waals surface area (Å²) in [4.78, 5) is 23.8. The van der Waals surface area contributed by atoms with Gasteiger partial charge >= 0.3 is 5.97 Å². The van der Waals surface area contributed by atoms with E-state index in [4.69, 9.17) is 9.47 Å². The molecule has 1 aromatic rings. The van der Waals surface area contributed by atoms with E-state index in [9.17, 15) is 9.59 Å². The van der Waals surface area contributed by atoms with Gasteiger partial charge in [0.25, 0.3) is 5.91 Å². The lowest BCUT2D eigenvalue weighted by molar-refractivity contribution is -0.156. The lowest BCUT2D eigenvalue weighted by Crippen LogP contribution is -2.41. The molecule has 1 atom stereocenters. The molecular formula is C18H25NO4. The number of hydrogen-bond donors (Lipinski definition) is 1. The molecule has 1 N–H and O–H groups in total. The highest BCUT2D eigenvalue weighted by atomic mass is 16.6. The Hall–Kier alpha value is -2.04. The minimum atomic E-state index is -0.800. The van der Waals surface area contributed by atoms with Crippen LogP contribution < -0.4 is 10.1 Å². The molecule has 0 aromatic heterocycles. The van der Waals surface area contributed by atoms with E-state index < -0.39 is 12.1 Å². The van der Waals surface area contributed by atoms with E-state index in [1.54, 1.807) is 6.92 Å². The number of amides is 1. The number of esters is 1. The standard InChI is InChI=1S/C18H25NO4/c1-12-8-13(2)10-16(9-12)22-11-17(20)23-14(3)18(21)19-15-6-4-5-7-15/h8-10,14-15H,4-7,11H2,1-3H3,(H,19,21)/t14-/m1/s1. The molecule has 1 fully saturated rings. The summed E-state index contributed by atoms with van der Waals surface area (Å²) in [6.45, 7) is 5.31. The van der Waals surface area contributed by atoms with Crippen LogP contribution in [0.5, 0.6) is 5.75 Å². The summed E-state index contributed by atoms with van der Waals surface area (Å²) in [7, 11) is 0. The van der Waals surface area contributed by atoms with Crippen LogP contribution in [0.2, 0.25) is 0 Å². The molecule has 0 aliphatic heterocycles. The number of hydrogen-bond acceptors (Lipinski definition) is 4. The summed E-state index contributed by atoms with van der Waals surface area (Å²) in [5.74, 6) is -0.155. The summed E-state index contributed by atoms with van der Waals surface area (Å²) in [5.41, 5.74) is 2.13. The number of ether oxygens (including phenoxy) is 2. The first kappa shape index (κ1) is 17.3. The molecule has 0 spiro atoms. The molecular weight excluding hydrogens is 294 g/mol. The SMILES string of the molecule is Cc1cc(C)cc(OCC(=O)O[C@H](C)C(=O)NC2CCCC2)c1. The Bertz CT molecular complexity index is 544. The van der Waals surface area contributed by atoms with Crippen molar-refractivity contribution in [3.63, 3.8) is 0 Å². The fourth-order valence-electron chi connectivity index (χ4n) is 2.83. The fraction of sp³-hybridized carbons (Fsp3) is 0.556. The van der Waals surface area contributed by atoms with Crippen molar-refractivity contribution in [1.29, 1.82) is 0 Å². The van der Waals surface area contributed by atoms with E-state index in [2.05, 4.69) is 5.32 Å². The van der Waals surface area contributed by atoms with Crippen LogP contribution in [0, 0.1) is 13.8 Å². The van der Waals surface area contributed by atoms with Gasteiger partial charge in [-0.05, 0) is 56.9 Å². The monoisotopic (exact) mass is 319 g/mol. The minimum absolute atomic E-state index is 0.204. The van der Waals surface area contributed by atoms with Crippen LogP contribution in [0.25, 0.3) is 0 Å². The number of carbonyl (C=O) groups excluding carboxylic acids is 2. The van der Waals surface area contributed by atoms with Crippen molar-refractivity contribution in [2.24, 2.45) is 0 Å². The van der Waals surface area contributed by atoms with Crippen LogP contribution in [0.15, 0.2) is 18.2 Å². The molecule has 0 bridgehead atoms. The maximum atomic E-state index is 12.0. The zero-order valence-electron chi connectivity index (χ0n) is 14.1. The van der Waals surface area contributed by atoms with Crippen LogP contribution in [0.3, 0.4) is 0 Å². The molecule has 126 valence electrons. The third kappa shape index (κ3) is 5.58. The molecule has 23 heavy (non-hydrogen) atoms. The summed E-state index contributed by atoms with van der Waals surface area (Å²) < 4.78 is 10.6. The number of aryl methyl sites for hydroxylation is 2. The highest BCUT2D eigenvalue weighted by Gasteiger charge is 2.23. The zero-order chi connectivity index (χ0) is 16.8. The summed E-state index contributed by atoms with van der Waals surface area (Å²) >= 11 is 0. The molecule has 0 unspecified atom stereocenters. The Kier molecular flexibility index (Phi) is 6.02. The fourth-order valence-corrected chi connectivity index (χ4v) is 2.83. The average Bonchev–Trinajstić information content (AvgIpc) is 2.97. The van der Waals surface area contributed by atoms with Gasteiger partial charge in [-0.15, -0.1) is 0 Å². The first-order chi connectivity index (χ1) is 10.9. The quantitative estimate of drug-likeness (QED) is 0.819. The predicted molar refractivity (Wildman–Crippen MR) is 87.4 cm³/mol. The molecule has 1 amide bonds. The van der Waals surface area contributed by atoms with Crippen LogP contribution >= 0.6 is 0 Å². The van der Waals surface area contributed by atoms with E-state index in [0.717, 1.165) is 36.8 Å². The molecule has 0 radical (unpaired) electrons. The van der Waals surface area contributed by atoms with E-state index in [1.807, 2.05) is 32.0 Å². The Morgan fingerprint density at radius 1 is 1.17 bits per heavy atom.